The van der Waals surface area contributed by atoms with E-state index in [0.29, 0.717) is 37.8 Å². The van der Waals surface area contributed by atoms with E-state index in [1.807, 2.05) is 13.0 Å². The van der Waals surface area contributed by atoms with Gasteiger partial charge in [-0.25, -0.2) is 9.18 Å². The van der Waals surface area contributed by atoms with Gasteiger partial charge in [0.15, 0.2) is 0 Å². The topological polar surface area (TPSA) is 81.6 Å². The summed E-state index contributed by atoms with van der Waals surface area (Å²) >= 11 is 0. The predicted molar refractivity (Wildman–Crippen MR) is 97.5 cm³/mol. The Hall–Kier alpha value is -1.66. The third-order valence-electron chi connectivity index (χ3n) is 6.17. The zero-order chi connectivity index (χ0) is 18.7. The van der Waals surface area contributed by atoms with Crippen molar-refractivity contribution < 1.29 is 19.4 Å². The molecule has 1 aliphatic heterocycles. The molecule has 1 aromatic carbocycles. The zero-order valence-electron chi connectivity index (χ0n) is 15.3. The molecule has 0 bridgehead atoms. The number of nitrogens with one attached hydrogen (secondary N) is 2. The van der Waals surface area contributed by atoms with Crippen molar-refractivity contribution in [2.75, 3.05) is 13.1 Å². The van der Waals surface area contributed by atoms with E-state index in [1.165, 1.54) is 6.07 Å². The SMILES string of the molecule is Cc1ccc(C(NC(=O)O)(C2CCC(O)CC2)C2CCCNC2)c(F)c1. The molecule has 144 valence electrons. The third-order valence-corrected chi connectivity index (χ3v) is 6.17. The number of aliphatic hydroxyl groups excluding tert-OH is 1. The molecule has 1 aromatic rings. The van der Waals surface area contributed by atoms with Gasteiger partial charge in [0.25, 0.3) is 0 Å². The van der Waals surface area contributed by atoms with Gasteiger partial charge in [0.05, 0.1) is 11.6 Å². The van der Waals surface area contributed by atoms with Crippen LogP contribution in [0.3, 0.4) is 0 Å². The number of aliphatic hydroxyl groups is 1. The lowest BCUT2D eigenvalue weighted by Crippen LogP contribution is -2.60. The summed E-state index contributed by atoms with van der Waals surface area (Å²) in [6.07, 6.45) is 2.94. The molecule has 0 spiro atoms. The molecule has 4 N–H and O–H groups in total. The van der Waals surface area contributed by atoms with Gasteiger partial charge in [-0.15, -0.1) is 0 Å². The smallest absolute Gasteiger partial charge is 0.405 e. The molecular weight excluding hydrogens is 335 g/mol. The van der Waals surface area contributed by atoms with Crippen molar-refractivity contribution in [1.29, 1.82) is 0 Å². The molecule has 1 aliphatic carbocycles. The van der Waals surface area contributed by atoms with E-state index in [0.717, 1.165) is 24.9 Å². The number of hydrogen-bond acceptors (Lipinski definition) is 3. The van der Waals surface area contributed by atoms with Gasteiger partial charge < -0.3 is 20.8 Å². The molecule has 2 atom stereocenters. The van der Waals surface area contributed by atoms with E-state index in [9.17, 15) is 15.0 Å². The first kappa shape index (κ1) is 19.1. The average Bonchev–Trinajstić information content (AvgIpc) is 2.61. The number of amides is 1. The number of halogens is 1. The number of rotatable bonds is 4. The van der Waals surface area contributed by atoms with Gasteiger partial charge >= 0.3 is 6.09 Å². The minimum Gasteiger partial charge on any atom is -0.465 e. The van der Waals surface area contributed by atoms with Crippen LogP contribution < -0.4 is 10.6 Å². The molecular formula is C20H29FN2O3. The highest BCUT2D eigenvalue weighted by Crippen LogP contribution is 2.47. The van der Waals surface area contributed by atoms with E-state index in [-0.39, 0.29) is 23.8 Å². The standard InChI is InChI=1S/C20H29FN2O3/c1-13-4-9-17(18(21)11-13)20(23-19(25)26,15-3-2-10-22-12-15)14-5-7-16(24)8-6-14/h4,9,11,14-16,22-24H,2-3,5-8,10,12H2,1H3,(H,25,26). The van der Waals surface area contributed by atoms with Crippen LogP contribution in [-0.2, 0) is 5.54 Å². The third kappa shape index (κ3) is 3.71. The summed E-state index contributed by atoms with van der Waals surface area (Å²) in [6, 6.07) is 5.09. The zero-order valence-corrected chi connectivity index (χ0v) is 15.3. The fourth-order valence-electron chi connectivity index (χ4n) is 4.95. The van der Waals surface area contributed by atoms with Crippen LogP contribution in [0.1, 0.15) is 49.7 Å². The lowest BCUT2D eigenvalue weighted by Gasteiger charge is -2.50. The van der Waals surface area contributed by atoms with Crippen molar-refractivity contribution in [3.8, 4) is 0 Å². The van der Waals surface area contributed by atoms with Gasteiger partial charge in [-0.1, -0.05) is 12.1 Å². The van der Waals surface area contributed by atoms with Crippen molar-refractivity contribution in [3.05, 3.63) is 35.1 Å². The molecule has 1 heterocycles. The van der Waals surface area contributed by atoms with Gasteiger partial charge in [-0.2, -0.15) is 0 Å². The minimum absolute atomic E-state index is 0.0233. The Kier molecular flexibility index (Phi) is 5.82. The quantitative estimate of drug-likeness (QED) is 0.662. The Bertz CT molecular complexity index is 640. The molecule has 1 saturated carbocycles. The first-order valence-corrected chi connectivity index (χ1v) is 9.60. The van der Waals surface area contributed by atoms with Crippen LogP contribution in [0.2, 0.25) is 0 Å². The van der Waals surface area contributed by atoms with Crippen LogP contribution in [0.25, 0.3) is 0 Å². The number of benzene rings is 1. The maximum Gasteiger partial charge on any atom is 0.405 e. The van der Waals surface area contributed by atoms with Crippen LogP contribution >= 0.6 is 0 Å². The van der Waals surface area contributed by atoms with E-state index in [1.54, 1.807) is 6.07 Å². The van der Waals surface area contributed by atoms with Crippen LogP contribution in [0.5, 0.6) is 0 Å². The molecule has 26 heavy (non-hydrogen) atoms. The normalized spacial score (nSPS) is 29.0. The Morgan fingerprint density at radius 1 is 1.23 bits per heavy atom. The summed E-state index contributed by atoms with van der Waals surface area (Å²) in [5.74, 6) is -0.413. The highest BCUT2D eigenvalue weighted by molar-refractivity contribution is 5.66. The highest BCUT2D eigenvalue weighted by atomic mass is 19.1. The van der Waals surface area contributed by atoms with E-state index in [2.05, 4.69) is 10.6 Å². The monoisotopic (exact) mass is 364 g/mol. The molecule has 2 fully saturated rings. The number of hydrogen-bond donors (Lipinski definition) is 4. The van der Waals surface area contributed by atoms with E-state index in [4.69, 9.17) is 0 Å². The highest BCUT2D eigenvalue weighted by Gasteiger charge is 2.50. The van der Waals surface area contributed by atoms with Gasteiger partial charge in [0.2, 0.25) is 0 Å². The predicted octanol–water partition coefficient (Wildman–Crippen LogP) is 3.15. The second-order valence-corrected chi connectivity index (χ2v) is 7.83. The molecule has 3 rings (SSSR count). The first-order chi connectivity index (χ1) is 12.4. The Balaban J connectivity index is 2.11. The average molecular weight is 364 g/mol. The summed E-state index contributed by atoms with van der Waals surface area (Å²) < 4.78 is 15.1. The molecule has 2 unspecified atom stereocenters. The second kappa shape index (κ2) is 7.92. The number of carboxylic acid groups (broad SMARTS) is 1. The van der Waals surface area contributed by atoms with Gasteiger partial charge in [-0.3, -0.25) is 0 Å². The Morgan fingerprint density at radius 3 is 2.54 bits per heavy atom. The summed E-state index contributed by atoms with van der Waals surface area (Å²) in [5, 5.41) is 25.7. The lowest BCUT2D eigenvalue weighted by molar-refractivity contribution is 0.0316. The van der Waals surface area contributed by atoms with E-state index >= 15 is 4.39 Å². The molecule has 0 radical (unpaired) electrons. The summed E-state index contributed by atoms with van der Waals surface area (Å²) in [5.41, 5.74) is 0.286. The molecule has 1 saturated heterocycles. The maximum atomic E-state index is 15.1. The van der Waals surface area contributed by atoms with Gasteiger partial charge in [0.1, 0.15) is 5.82 Å². The Labute approximate surface area is 154 Å². The molecule has 1 amide bonds. The van der Waals surface area contributed by atoms with Crippen molar-refractivity contribution >= 4 is 6.09 Å². The van der Waals surface area contributed by atoms with Crippen LogP contribution in [0.15, 0.2) is 18.2 Å². The number of piperidine rings is 1. The summed E-state index contributed by atoms with van der Waals surface area (Å²) in [7, 11) is 0. The van der Waals surface area contributed by atoms with Crippen molar-refractivity contribution in [3.63, 3.8) is 0 Å². The molecule has 5 nitrogen and oxygen atoms in total. The van der Waals surface area contributed by atoms with Gasteiger partial charge in [0, 0.05) is 12.1 Å². The van der Waals surface area contributed by atoms with Gasteiger partial charge in [-0.05, 0) is 75.5 Å². The van der Waals surface area contributed by atoms with Crippen LogP contribution in [-0.4, -0.2) is 35.5 Å². The minimum atomic E-state index is -1.12. The molecule has 2 aliphatic rings. The fraction of sp³-hybridized carbons (Fsp3) is 0.650. The number of carbonyl (C=O) groups is 1. The largest absolute Gasteiger partial charge is 0.465 e. The van der Waals surface area contributed by atoms with Crippen molar-refractivity contribution in [1.82, 2.24) is 10.6 Å². The van der Waals surface area contributed by atoms with Crippen molar-refractivity contribution in [2.45, 2.75) is 57.1 Å². The molecule has 0 aromatic heterocycles. The summed E-state index contributed by atoms with van der Waals surface area (Å²) in [4.78, 5) is 11.8. The summed E-state index contributed by atoms with van der Waals surface area (Å²) in [6.45, 7) is 3.39. The lowest BCUT2D eigenvalue weighted by atomic mass is 9.62. The second-order valence-electron chi connectivity index (χ2n) is 7.83. The fourth-order valence-corrected chi connectivity index (χ4v) is 4.95. The van der Waals surface area contributed by atoms with Crippen molar-refractivity contribution in [2.24, 2.45) is 11.8 Å². The molecule has 6 heteroatoms. The first-order valence-electron chi connectivity index (χ1n) is 9.60. The Morgan fingerprint density at radius 2 is 1.96 bits per heavy atom. The van der Waals surface area contributed by atoms with Crippen LogP contribution in [0, 0.1) is 24.6 Å². The maximum absolute atomic E-state index is 15.1. The number of aryl methyl sites for hydroxylation is 1. The van der Waals surface area contributed by atoms with E-state index < -0.39 is 11.6 Å². The van der Waals surface area contributed by atoms with Crippen LogP contribution in [0.4, 0.5) is 9.18 Å².